The molecule has 0 saturated carbocycles. The molecule has 1 aromatic carbocycles. The molecule has 4 heterocycles. The van der Waals surface area contributed by atoms with E-state index in [4.69, 9.17) is 14.7 Å². The van der Waals surface area contributed by atoms with Gasteiger partial charge in [-0.3, -0.25) is 14.3 Å². The minimum Gasteiger partial charge on any atom is -0.381 e. The van der Waals surface area contributed by atoms with E-state index < -0.39 is 0 Å². The smallest absolute Gasteiger partial charge is 0.252 e. The van der Waals surface area contributed by atoms with Crippen molar-refractivity contribution in [3.63, 3.8) is 0 Å². The highest BCUT2D eigenvalue weighted by atomic mass is 16.5. The quantitative estimate of drug-likeness (QED) is 0.544. The lowest BCUT2D eigenvalue weighted by molar-refractivity contribution is -0.0373. The van der Waals surface area contributed by atoms with E-state index >= 15 is 0 Å². The third kappa shape index (κ3) is 4.65. The molecule has 0 spiro atoms. The van der Waals surface area contributed by atoms with Gasteiger partial charge >= 0.3 is 0 Å². The van der Waals surface area contributed by atoms with Gasteiger partial charge in [0.15, 0.2) is 0 Å². The molecule has 0 unspecified atom stereocenters. The molecule has 2 N–H and O–H groups in total. The van der Waals surface area contributed by atoms with E-state index in [1.54, 1.807) is 10.6 Å². The van der Waals surface area contributed by atoms with E-state index in [2.05, 4.69) is 46.7 Å². The second-order valence-corrected chi connectivity index (χ2v) is 10.4. The number of pyridine rings is 1. The normalized spacial score (nSPS) is 19.5. The standard InChI is InChI=1S/C28H38N6O2/c1-19(2)34-25(35)10-9-24-21(4)31-27(32-26(24)34)30-20(3)22-5-7-23(8-6-22)28(11-17-36-18-12-28)33-15-13-29-14-16-33/h5-10,19-20,29H,11-18H2,1-4H3,(H,30,31,32)/t20-/m0/s1. The summed E-state index contributed by atoms with van der Waals surface area (Å²) in [6, 6.07) is 12.5. The van der Waals surface area contributed by atoms with Crippen molar-refractivity contribution in [3.8, 4) is 0 Å². The number of fused-ring (bicyclic) bond motifs is 1. The number of rotatable bonds is 6. The summed E-state index contributed by atoms with van der Waals surface area (Å²) < 4.78 is 7.48. The van der Waals surface area contributed by atoms with Crippen LogP contribution in [0.5, 0.6) is 0 Å². The highest BCUT2D eigenvalue weighted by Crippen LogP contribution is 2.39. The second-order valence-electron chi connectivity index (χ2n) is 10.4. The van der Waals surface area contributed by atoms with Crippen LogP contribution < -0.4 is 16.2 Å². The number of nitrogens with one attached hydrogen (secondary N) is 2. The number of hydrogen-bond donors (Lipinski definition) is 2. The Bertz CT molecular complexity index is 1260. The zero-order chi connectivity index (χ0) is 25.3. The van der Waals surface area contributed by atoms with Gasteiger partial charge in [0.1, 0.15) is 5.65 Å². The number of anilines is 1. The van der Waals surface area contributed by atoms with Crippen LogP contribution in [0.15, 0.2) is 41.2 Å². The van der Waals surface area contributed by atoms with Gasteiger partial charge < -0.3 is 15.4 Å². The maximum atomic E-state index is 12.5. The Balaban J connectivity index is 1.40. The monoisotopic (exact) mass is 490 g/mol. The van der Waals surface area contributed by atoms with Crippen molar-refractivity contribution in [2.24, 2.45) is 0 Å². The highest BCUT2D eigenvalue weighted by Gasteiger charge is 2.40. The first-order chi connectivity index (χ1) is 17.4. The van der Waals surface area contributed by atoms with Gasteiger partial charge in [-0.25, -0.2) is 4.98 Å². The highest BCUT2D eigenvalue weighted by molar-refractivity contribution is 5.78. The van der Waals surface area contributed by atoms with E-state index in [1.165, 1.54) is 11.1 Å². The maximum Gasteiger partial charge on any atom is 0.252 e. The Hall–Kier alpha value is -2.81. The summed E-state index contributed by atoms with van der Waals surface area (Å²) in [4.78, 5) is 24.6. The molecule has 192 valence electrons. The van der Waals surface area contributed by atoms with E-state index in [1.807, 2.05) is 26.8 Å². The van der Waals surface area contributed by atoms with Gasteiger partial charge in [0, 0.05) is 56.9 Å². The molecule has 2 saturated heterocycles. The van der Waals surface area contributed by atoms with E-state index in [0.717, 1.165) is 63.3 Å². The summed E-state index contributed by atoms with van der Waals surface area (Å²) in [6.07, 6.45) is 2.06. The number of aryl methyl sites for hydroxylation is 1. The Morgan fingerprint density at radius 3 is 2.36 bits per heavy atom. The lowest BCUT2D eigenvalue weighted by atomic mass is 9.80. The molecule has 2 aliphatic rings. The Kier molecular flexibility index (Phi) is 7.10. The Labute approximate surface area is 213 Å². The summed E-state index contributed by atoms with van der Waals surface area (Å²) in [5, 5.41) is 7.86. The van der Waals surface area contributed by atoms with Crippen molar-refractivity contribution >= 4 is 17.0 Å². The lowest BCUT2D eigenvalue weighted by Gasteiger charge is -2.48. The Morgan fingerprint density at radius 1 is 1.00 bits per heavy atom. The average Bonchev–Trinajstić information content (AvgIpc) is 2.89. The zero-order valence-corrected chi connectivity index (χ0v) is 21.9. The second kappa shape index (κ2) is 10.3. The number of piperazine rings is 1. The van der Waals surface area contributed by atoms with Gasteiger partial charge in [-0.2, -0.15) is 4.98 Å². The molecule has 3 aromatic rings. The topological polar surface area (TPSA) is 84.3 Å². The van der Waals surface area contributed by atoms with Gasteiger partial charge in [0.2, 0.25) is 5.95 Å². The SMILES string of the molecule is Cc1nc(N[C@@H](C)c2ccc(C3(N4CCNCC4)CCOCC3)cc2)nc2c1ccc(=O)n2C(C)C. The molecule has 2 aliphatic heterocycles. The zero-order valence-electron chi connectivity index (χ0n) is 21.9. The molecule has 8 heteroatoms. The fraction of sp³-hybridized carbons (Fsp3) is 0.536. The average molecular weight is 491 g/mol. The largest absolute Gasteiger partial charge is 0.381 e. The molecule has 0 aliphatic carbocycles. The summed E-state index contributed by atoms with van der Waals surface area (Å²) >= 11 is 0. The van der Waals surface area contributed by atoms with Crippen LogP contribution >= 0.6 is 0 Å². The summed E-state index contributed by atoms with van der Waals surface area (Å²) in [5.41, 5.74) is 4.09. The molecule has 36 heavy (non-hydrogen) atoms. The van der Waals surface area contributed by atoms with Crippen molar-refractivity contribution in [3.05, 3.63) is 63.6 Å². The number of nitrogens with zero attached hydrogens (tertiary/aromatic N) is 4. The number of aromatic nitrogens is 3. The van der Waals surface area contributed by atoms with Crippen LogP contribution in [0.3, 0.4) is 0 Å². The van der Waals surface area contributed by atoms with Gasteiger partial charge in [0.25, 0.3) is 5.56 Å². The van der Waals surface area contributed by atoms with Crippen LogP contribution in [-0.2, 0) is 10.3 Å². The molecular weight excluding hydrogens is 452 g/mol. The van der Waals surface area contributed by atoms with Gasteiger partial charge in [-0.05, 0) is 57.7 Å². The third-order valence-corrected chi connectivity index (χ3v) is 7.83. The number of hydrogen-bond acceptors (Lipinski definition) is 7. The molecule has 5 rings (SSSR count). The van der Waals surface area contributed by atoms with Crippen LogP contribution in [0.1, 0.15) is 62.5 Å². The molecule has 0 bridgehead atoms. The number of benzene rings is 1. The predicted octanol–water partition coefficient (Wildman–Crippen LogP) is 3.76. The van der Waals surface area contributed by atoms with Gasteiger partial charge in [-0.1, -0.05) is 24.3 Å². The first-order valence-corrected chi connectivity index (χ1v) is 13.2. The minimum absolute atomic E-state index is 0.0153. The molecule has 0 amide bonds. The van der Waals surface area contributed by atoms with Crippen LogP contribution in [0.4, 0.5) is 5.95 Å². The number of ether oxygens (including phenoxy) is 1. The first kappa shape index (κ1) is 24.9. The van der Waals surface area contributed by atoms with Crippen molar-refractivity contribution < 1.29 is 4.74 Å². The van der Waals surface area contributed by atoms with Crippen LogP contribution in [0.2, 0.25) is 0 Å². The molecule has 1 atom stereocenters. The molecular formula is C28H38N6O2. The van der Waals surface area contributed by atoms with Crippen LogP contribution in [0.25, 0.3) is 11.0 Å². The van der Waals surface area contributed by atoms with Crippen molar-refractivity contribution in [1.82, 2.24) is 24.8 Å². The predicted molar refractivity (Wildman–Crippen MR) is 144 cm³/mol. The molecule has 8 nitrogen and oxygen atoms in total. The van der Waals surface area contributed by atoms with Crippen molar-refractivity contribution in [2.45, 2.75) is 58.2 Å². The fourth-order valence-electron chi connectivity index (χ4n) is 5.80. The maximum absolute atomic E-state index is 12.5. The molecule has 0 radical (unpaired) electrons. The Morgan fingerprint density at radius 2 is 1.69 bits per heavy atom. The van der Waals surface area contributed by atoms with Crippen molar-refractivity contribution in [2.75, 3.05) is 44.7 Å². The fourth-order valence-corrected chi connectivity index (χ4v) is 5.80. The van der Waals surface area contributed by atoms with E-state index in [9.17, 15) is 4.79 Å². The lowest BCUT2D eigenvalue weighted by Crippen LogP contribution is -2.56. The summed E-state index contributed by atoms with van der Waals surface area (Å²) in [5.74, 6) is 0.540. The third-order valence-electron chi connectivity index (χ3n) is 7.83. The van der Waals surface area contributed by atoms with Crippen molar-refractivity contribution in [1.29, 1.82) is 0 Å². The minimum atomic E-state index is -0.0447. The first-order valence-electron chi connectivity index (χ1n) is 13.2. The van der Waals surface area contributed by atoms with E-state index in [0.29, 0.717) is 11.6 Å². The van der Waals surface area contributed by atoms with Crippen LogP contribution in [0, 0.1) is 6.92 Å². The molecule has 2 aromatic heterocycles. The van der Waals surface area contributed by atoms with E-state index in [-0.39, 0.29) is 23.2 Å². The summed E-state index contributed by atoms with van der Waals surface area (Å²) in [7, 11) is 0. The van der Waals surface area contributed by atoms with Crippen LogP contribution in [-0.4, -0.2) is 58.8 Å². The molecule has 2 fully saturated rings. The summed E-state index contributed by atoms with van der Waals surface area (Å²) in [6.45, 7) is 13.9. The van der Waals surface area contributed by atoms with Gasteiger partial charge in [-0.15, -0.1) is 0 Å². The van der Waals surface area contributed by atoms with Gasteiger partial charge in [0.05, 0.1) is 17.3 Å².